The van der Waals surface area contributed by atoms with Gasteiger partial charge >= 0.3 is 5.97 Å². The van der Waals surface area contributed by atoms with Gasteiger partial charge in [0, 0.05) is 11.8 Å². The molecule has 0 radical (unpaired) electrons. The van der Waals surface area contributed by atoms with Crippen LogP contribution in [0.5, 0.6) is 0 Å². The van der Waals surface area contributed by atoms with Gasteiger partial charge in [-0.15, -0.1) is 11.6 Å². The van der Waals surface area contributed by atoms with E-state index in [-0.39, 0.29) is 11.3 Å². The van der Waals surface area contributed by atoms with Crippen LogP contribution in [0.2, 0.25) is 0 Å². The molecule has 0 saturated carbocycles. The van der Waals surface area contributed by atoms with Gasteiger partial charge in [-0.3, -0.25) is 4.79 Å². The van der Waals surface area contributed by atoms with Crippen LogP contribution >= 0.6 is 11.6 Å². The number of carbonyl (C=O) groups is 1. The summed E-state index contributed by atoms with van der Waals surface area (Å²) in [6.45, 7) is 2.04. The molecule has 66 valence electrons. The molecule has 0 aliphatic rings. The number of rotatable bonds is 5. The first-order chi connectivity index (χ1) is 5.20. The second kappa shape index (κ2) is 6.47. The van der Waals surface area contributed by atoms with E-state index in [1.807, 2.05) is 6.92 Å². The lowest BCUT2D eigenvalue weighted by Crippen LogP contribution is -2.02. The summed E-state index contributed by atoms with van der Waals surface area (Å²) in [7, 11) is 1.40. The predicted molar refractivity (Wildman–Crippen MR) is 45.8 cm³/mol. The van der Waals surface area contributed by atoms with E-state index in [1.54, 1.807) is 0 Å². The van der Waals surface area contributed by atoms with Gasteiger partial charge in [0.25, 0.3) is 0 Å². The van der Waals surface area contributed by atoms with Gasteiger partial charge in [-0.2, -0.15) is 0 Å². The van der Waals surface area contributed by atoms with Gasteiger partial charge in [-0.25, -0.2) is 0 Å². The van der Waals surface area contributed by atoms with Crippen molar-refractivity contribution in [3.8, 4) is 0 Å². The van der Waals surface area contributed by atoms with Crippen LogP contribution in [-0.4, -0.2) is 18.5 Å². The molecule has 0 bridgehead atoms. The summed E-state index contributed by atoms with van der Waals surface area (Å²) in [5.41, 5.74) is 0. The number of hydrogen-bond donors (Lipinski definition) is 0. The number of ether oxygens (including phenoxy) is 1. The van der Waals surface area contributed by atoms with Crippen molar-refractivity contribution >= 4 is 17.6 Å². The molecular weight excluding hydrogens is 164 g/mol. The summed E-state index contributed by atoms with van der Waals surface area (Å²) in [6.07, 6.45) is 3.17. The summed E-state index contributed by atoms with van der Waals surface area (Å²) in [4.78, 5) is 10.6. The van der Waals surface area contributed by atoms with Crippen molar-refractivity contribution < 1.29 is 9.53 Å². The zero-order chi connectivity index (χ0) is 8.69. The van der Waals surface area contributed by atoms with Crippen molar-refractivity contribution in [3.05, 3.63) is 0 Å². The van der Waals surface area contributed by atoms with Gasteiger partial charge in [0.1, 0.15) is 0 Å². The summed E-state index contributed by atoms with van der Waals surface area (Å²) in [6, 6.07) is 0. The molecule has 11 heavy (non-hydrogen) atoms. The number of halogens is 1. The third-order valence-corrected chi connectivity index (χ3v) is 2.10. The predicted octanol–water partition coefficient (Wildman–Crippen LogP) is 2.35. The average molecular weight is 179 g/mol. The van der Waals surface area contributed by atoms with Crippen LogP contribution in [0, 0.1) is 0 Å². The highest BCUT2D eigenvalue weighted by Crippen LogP contribution is 2.10. The molecule has 3 heteroatoms. The van der Waals surface area contributed by atoms with E-state index < -0.39 is 0 Å². The largest absolute Gasteiger partial charge is 0.469 e. The topological polar surface area (TPSA) is 26.3 Å². The van der Waals surface area contributed by atoms with Crippen LogP contribution in [0.1, 0.15) is 32.6 Å². The van der Waals surface area contributed by atoms with Crippen molar-refractivity contribution in [2.45, 2.75) is 38.0 Å². The van der Waals surface area contributed by atoms with Gasteiger partial charge in [0.2, 0.25) is 0 Å². The smallest absolute Gasteiger partial charge is 0.305 e. The monoisotopic (exact) mass is 178 g/mol. The molecule has 0 saturated heterocycles. The van der Waals surface area contributed by atoms with E-state index in [0.29, 0.717) is 6.42 Å². The van der Waals surface area contributed by atoms with Gasteiger partial charge in [0.05, 0.1) is 7.11 Å². The van der Waals surface area contributed by atoms with Gasteiger partial charge < -0.3 is 4.74 Å². The SMILES string of the molecule is CCC(Cl)CCCC(=O)OC. The molecule has 0 rings (SSSR count). The number of esters is 1. The molecule has 0 aromatic carbocycles. The van der Waals surface area contributed by atoms with Crippen LogP contribution < -0.4 is 0 Å². The Bertz CT molecular complexity index is 115. The molecule has 0 fully saturated rings. The summed E-state index contributed by atoms with van der Waals surface area (Å²) < 4.78 is 4.48. The second-order valence-electron chi connectivity index (χ2n) is 2.47. The molecular formula is C8H15ClO2. The minimum Gasteiger partial charge on any atom is -0.469 e. The van der Waals surface area contributed by atoms with E-state index in [4.69, 9.17) is 11.6 Å². The van der Waals surface area contributed by atoms with Gasteiger partial charge in [-0.05, 0) is 19.3 Å². The van der Waals surface area contributed by atoms with Crippen molar-refractivity contribution in [1.29, 1.82) is 0 Å². The molecule has 0 aliphatic carbocycles. The van der Waals surface area contributed by atoms with Crippen LogP contribution in [0.4, 0.5) is 0 Å². The number of alkyl halides is 1. The highest BCUT2D eigenvalue weighted by Gasteiger charge is 2.03. The fourth-order valence-electron chi connectivity index (χ4n) is 0.774. The maximum Gasteiger partial charge on any atom is 0.305 e. The van der Waals surface area contributed by atoms with Crippen molar-refractivity contribution in [2.75, 3.05) is 7.11 Å². The summed E-state index contributed by atoms with van der Waals surface area (Å²) >= 11 is 5.84. The first-order valence-corrected chi connectivity index (χ1v) is 4.35. The van der Waals surface area contributed by atoms with E-state index in [1.165, 1.54) is 7.11 Å². The van der Waals surface area contributed by atoms with Crippen LogP contribution in [-0.2, 0) is 9.53 Å². The normalized spacial score (nSPS) is 12.6. The highest BCUT2D eigenvalue weighted by molar-refractivity contribution is 6.20. The average Bonchev–Trinajstić information content (AvgIpc) is 2.04. The molecule has 0 aliphatic heterocycles. The minimum atomic E-state index is -0.148. The first kappa shape index (κ1) is 10.8. The fourth-order valence-corrected chi connectivity index (χ4v) is 0.928. The van der Waals surface area contributed by atoms with E-state index in [0.717, 1.165) is 19.3 Å². The Morgan fingerprint density at radius 3 is 2.73 bits per heavy atom. The van der Waals surface area contributed by atoms with E-state index in [9.17, 15) is 4.79 Å². The Morgan fingerprint density at radius 2 is 2.27 bits per heavy atom. The number of carbonyl (C=O) groups excluding carboxylic acids is 1. The second-order valence-corrected chi connectivity index (χ2v) is 3.09. The Labute approximate surface area is 72.9 Å². The highest BCUT2D eigenvalue weighted by atomic mass is 35.5. The molecule has 2 nitrogen and oxygen atoms in total. The summed E-state index contributed by atoms with van der Waals surface area (Å²) in [5, 5.41) is 0.208. The lowest BCUT2D eigenvalue weighted by atomic mass is 10.1. The Morgan fingerprint density at radius 1 is 1.64 bits per heavy atom. The maximum atomic E-state index is 10.6. The maximum absolute atomic E-state index is 10.6. The zero-order valence-electron chi connectivity index (χ0n) is 7.10. The molecule has 0 amide bonds. The zero-order valence-corrected chi connectivity index (χ0v) is 7.86. The lowest BCUT2D eigenvalue weighted by Gasteiger charge is -2.03. The molecule has 1 unspecified atom stereocenters. The van der Waals surface area contributed by atoms with Crippen LogP contribution in [0.25, 0.3) is 0 Å². The fraction of sp³-hybridized carbons (Fsp3) is 0.875. The number of hydrogen-bond acceptors (Lipinski definition) is 2. The lowest BCUT2D eigenvalue weighted by molar-refractivity contribution is -0.140. The number of methoxy groups -OCH3 is 1. The van der Waals surface area contributed by atoms with Gasteiger partial charge in [0.15, 0.2) is 0 Å². The van der Waals surface area contributed by atoms with Crippen molar-refractivity contribution in [1.82, 2.24) is 0 Å². The summed E-state index contributed by atoms with van der Waals surface area (Å²) in [5.74, 6) is -0.148. The van der Waals surface area contributed by atoms with Crippen LogP contribution in [0.15, 0.2) is 0 Å². The first-order valence-electron chi connectivity index (χ1n) is 3.91. The van der Waals surface area contributed by atoms with Crippen molar-refractivity contribution in [3.63, 3.8) is 0 Å². The Hall–Kier alpha value is -0.240. The standard InChI is InChI=1S/C8H15ClO2/c1-3-7(9)5-4-6-8(10)11-2/h7H,3-6H2,1-2H3. The van der Waals surface area contributed by atoms with Gasteiger partial charge in [-0.1, -0.05) is 6.92 Å². The quantitative estimate of drug-likeness (QED) is 0.477. The Kier molecular flexibility index (Phi) is 6.33. The minimum absolute atomic E-state index is 0.148. The van der Waals surface area contributed by atoms with E-state index in [2.05, 4.69) is 4.74 Å². The molecule has 0 N–H and O–H groups in total. The molecule has 0 aromatic heterocycles. The van der Waals surface area contributed by atoms with Crippen LogP contribution in [0.3, 0.4) is 0 Å². The van der Waals surface area contributed by atoms with E-state index >= 15 is 0 Å². The Balaban J connectivity index is 3.20. The molecule has 0 heterocycles. The molecule has 0 aromatic rings. The molecule has 0 spiro atoms. The third kappa shape index (κ3) is 6.17. The molecule has 1 atom stereocenters. The van der Waals surface area contributed by atoms with Crippen molar-refractivity contribution in [2.24, 2.45) is 0 Å². The third-order valence-electron chi connectivity index (χ3n) is 1.57.